The monoisotopic (exact) mass is 129 g/mol. The lowest BCUT2D eigenvalue weighted by Crippen LogP contribution is -2.39. The Balaban J connectivity index is 2.44. The fourth-order valence-corrected chi connectivity index (χ4v) is 0.827. The standard InChI is InChI=1S/C6H11NO2/c1-4-2-6(8)9-3-5(4)7/h4-5H,2-3,7H2,1H3. The molecule has 0 aromatic heterocycles. The highest BCUT2D eigenvalue weighted by molar-refractivity contribution is 5.70. The summed E-state index contributed by atoms with van der Waals surface area (Å²) in [6.07, 6.45) is 0.473. The first-order valence-corrected chi connectivity index (χ1v) is 3.11. The van der Waals surface area contributed by atoms with E-state index < -0.39 is 0 Å². The SMILES string of the molecule is CC1CC(=O)OCC1N. The summed E-state index contributed by atoms with van der Waals surface area (Å²) in [6, 6.07) is 0.0442. The fraction of sp³-hybridized carbons (Fsp3) is 0.833. The normalized spacial score (nSPS) is 36.0. The Labute approximate surface area is 54.2 Å². The summed E-state index contributed by atoms with van der Waals surface area (Å²) in [4.78, 5) is 10.5. The van der Waals surface area contributed by atoms with Crippen LogP contribution in [0.25, 0.3) is 0 Å². The number of carbonyl (C=O) groups excluding carboxylic acids is 1. The van der Waals surface area contributed by atoms with Gasteiger partial charge < -0.3 is 10.5 Å². The molecule has 1 aliphatic rings. The lowest BCUT2D eigenvalue weighted by atomic mass is 9.98. The van der Waals surface area contributed by atoms with Gasteiger partial charge in [-0.15, -0.1) is 0 Å². The van der Waals surface area contributed by atoms with E-state index in [0.717, 1.165) is 0 Å². The number of hydrogen-bond acceptors (Lipinski definition) is 3. The molecule has 9 heavy (non-hydrogen) atoms. The summed E-state index contributed by atoms with van der Waals surface area (Å²) < 4.78 is 4.70. The van der Waals surface area contributed by atoms with Crippen LogP contribution in [0.4, 0.5) is 0 Å². The maximum Gasteiger partial charge on any atom is 0.306 e. The maximum atomic E-state index is 10.5. The number of ether oxygens (including phenoxy) is 1. The minimum atomic E-state index is -0.121. The number of hydrogen-bond donors (Lipinski definition) is 1. The molecule has 1 fully saturated rings. The summed E-state index contributed by atoms with van der Waals surface area (Å²) in [5.41, 5.74) is 5.56. The van der Waals surface area contributed by atoms with Gasteiger partial charge in [-0.25, -0.2) is 0 Å². The second-order valence-electron chi connectivity index (χ2n) is 2.53. The smallest absolute Gasteiger partial charge is 0.306 e. The summed E-state index contributed by atoms with van der Waals surface area (Å²) in [7, 11) is 0. The van der Waals surface area contributed by atoms with Crippen LogP contribution in [-0.4, -0.2) is 18.6 Å². The lowest BCUT2D eigenvalue weighted by Gasteiger charge is -2.23. The first-order valence-electron chi connectivity index (χ1n) is 3.11. The Morgan fingerprint density at radius 2 is 2.44 bits per heavy atom. The highest BCUT2D eigenvalue weighted by atomic mass is 16.5. The third kappa shape index (κ3) is 1.42. The van der Waals surface area contributed by atoms with Crippen molar-refractivity contribution in [1.82, 2.24) is 0 Å². The van der Waals surface area contributed by atoms with Crippen LogP contribution >= 0.6 is 0 Å². The van der Waals surface area contributed by atoms with E-state index in [0.29, 0.717) is 13.0 Å². The van der Waals surface area contributed by atoms with Gasteiger partial charge in [0.2, 0.25) is 0 Å². The molecule has 1 saturated heterocycles. The summed E-state index contributed by atoms with van der Waals surface area (Å²) >= 11 is 0. The second-order valence-corrected chi connectivity index (χ2v) is 2.53. The molecule has 0 aromatic carbocycles. The van der Waals surface area contributed by atoms with Crippen molar-refractivity contribution in [3.63, 3.8) is 0 Å². The highest BCUT2D eigenvalue weighted by Crippen LogP contribution is 2.12. The van der Waals surface area contributed by atoms with E-state index in [1.165, 1.54) is 0 Å². The van der Waals surface area contributed by atoms with E-state index in [2.05, 4.69) is 0 Å². The van der Waals surface area contributed by atoms with Crippen LogP contribution in [0, 0.1) is 5.92 Å². The van der Waals surface area contributed by atoms with Crippen molar-refractivity contribution in [3.8, 4) is 0 Å². The van der Waals surface area contributed by atoms with Crippen LogP contribution in [0.5, 0.6) is 0 Å². The van der Waals surface area contributed by atoms with Gasteiger partial charge in [-0.05, 0) is 5.92 Å². The second kappa shape index (κ2) is 2.35. The quantitative estimate of drug-likeness (QED) is 0.464. The van der Waals surface area contributed by atoms with Gasteiger partial charge in [0.15, 0.2) is 0 Å². The number of rotatable bonds is 0. The lowest BCUT2D eigenvalue weighted by molar-refractivity contribution is -0.149. The Kier molecular flexibility index (Phi) is 1.71. The third-order valence-electron chi connectivity index (χ3n) is 1.66. The molecule has 1 aliphatic heterocycles. The van der Waals surface area contributed by atoms with Gasteiger partial charge in [0.05, 0.1) is 0 Å². The molecule has 2 N–H and O–H groups in total. The minimum absolute atomic E-state index is 0.0442. The van der Waals surface area contributed by atoms with E-state index in [-0.39, 0.29) is 17.9 Å². The van der Waals surface area contributed by atoms with Crippen LogP contribution in [0.3, 0.4) is 0 Å². The Hall–Kier alpha value is -0.570. The van der Waals surface area contributed by atoms with Crippen molar-refractivity contribution in [2.75, 3.05) is 6.61 Å². The zero-order valence-electron chi connectivity index (χ0n) is 5.46. The van der Waals surface area contributed by atoms with E-state index in [4.69, 9.17) is 10.5 Å². The van der Waals surface area contributed by atoms with E-state index in [1.807, 2.05) is 6.92 Å². The van der Waals surface area contributed by atoms with Crippen molar-refractivity contribution >= 4 is 5.97 Å². The molecular formula is C6H11NO2. The van der Waals surface area contributed by atoms with Crippen LogP contribution in [0.15, 0.2) is 0 Å². The molecule has 3 heteroatoms. The Bertz CT molecular complexity index is 124. The number of carbonyl (C=O) groups is 1. The van der Waals surface area contributed by atoms with Crippen molar-refractivity contribution in [2.24, 2.45) is 11.7 Å². The average Bonchev–Trinajstić information content (AvgIpc) is 1.80. The van der Waals surface area contributed by atoms with Crippen molar-refractivity contribution < 1.29 is 9.53 Å². The fourth-order valence-electron chi connectivity index (χ4n) is 0.827. The molecule has 0 radical (unpaired) electrons. The predicted octanol–water partition coefficient (Wildman–Crippen LogP) is -0.103. The summed E-state index contributed by atoms with van der Waals surface area (Å²) in [6.45, 7) is 2.35. The van der Waals surface area contributed by atoms with Crippen LogP contribution in [-0.2, 0) is 9.53 Å². The number of cyclic esters (lactones) is 1. The van der Waals surface area contributed by atoms with Gasteiger partial charge in [0.25, 0.3) is 0 Å². The van der Waals surface area contributed by atoms with Crippen molar-refractivity contribution in [1.29, 1.82) is 0 Å². The van der Waals surface area contributed by atoms with Gasteiger partial charge in [-0.1, -0.05) is 6.92 Å². The summed E-state index contributed by atoms with van der Waals surface area (Å²) in [5.74, 6) is 0.162. The molecule has 0 aliphatic carbocycles. The van der Waals surface area contributed by atoms with Gasteiger partial charge in [0, 0.05) is 12.5 Å². The molecule has 0 spiro atoms. The van der Waals surface area contributed by atoms with E-state index >= 15 is 0 Å². The molecule has 2 atom stereocenters. The predicted molar refractivity (Wildman–Crippen MR) is 32.7 cm³/mol. The maximum absolute atomic E-state index is 10.5. The number of esters is 1. The van der Waals surface area contributed by atoms with E-state index in [1.54, 1.807) is 0 Å². The van der Waals surface area contributed by atoms with Crippen LogP contribution in [0.2, 0.25) is 0 Å². The molecule has 3 nitrogen and oxygen atoms in total. The zero-order chi connectivity index (χ0) is 6.85. The molecule has 1 heterocycles. The molecular weight excluding hydrogens is 118 g/mol. The largest absolute Gasteiger partial charge is 0.464 e. The average molecular weight is 129 g/mol. The zero-order valence-corrected chi connectivity index (χ0v) is 5.46. The Morgan fingerprint density at radius 3 is 2.89 bits per heavy atom. The van der Waals surface area contributed by atoms with E-state index in [9.17, 15) is 4.79 Å². The molecule has 2 unspecified atom stereocenters. The first-order chi connectivity index (χ1) is 4.20. The molecule has 0 bridgehead atoms. The van der Waals surface area contributed by atoms with Gasteiger partial charge >= 0.3 is 5.97 Å². The molecule has 0 aromatic rings. The highest BCUT2D eigenvalue weighted by Gasteiger charge is 2.23. The Morgan fingerprint density at radius 1 is 1.78 bits per heavy atom. The first kappa shape index (κ1) is 6.55. The summed E-state index contributed by atoms with van der Waals surface area (Å²) in [5, 5.41) is 0. The van der Waals surface area contributed by atoms with Gasteiger partial charge in [-0.2, -0.15) is 0 Å². The number of nitrogens with two attached hydrogens (primary N) is 1. The molecule has 0 saturated carbocycles. The van der Waals surface area contributed by atoms with Crippen LogP contribution in [0.1, 0.15) is 13.3 Å². The van der Waals surface area contributed by atoms with Crippen LogP contribution < -0.4 is 5.73 Å². The van der Waals surface area contributed by atoms with Gasteiger partial charge in [0.1, 0.15) is 6.61 Å². The molecule has 1 rings (SSSR count). The van der Waals surface area contributed by atoms with Crippen molar-refractivity contribution in [3.05, 3.63) is 0 Å². The minimum Gasteiger partial charge on any atom is -0.464 e. The molecule has 0 amide bonds. The topological polar surface area (TPSA) is 52.3 Å². The molecule has 52 valence electrons. The van der Waals surface area contributed by atoms with Crippen molar-refractivity contribution in [2.45, 2.75) is 19.4 Å². The van der Waals surface area contributed by atoms with Gasteiger partial charge in [-0.3, -0.25) is 4.79 Å². The third-order valence-corrected chi connectivity index (χ3v) is 1.66.